The molecule has 0 aliphatic carbocycles. The van der Waals surface area contributed by atoms with Crippen molar-refractivity contribution in [3.05, 3.63) is 72.0 Å². The number of fused-ring (bicyclic) bond motifs is 1. The zero-order valence-corrected chi connectivity index (χ0v) is 11.3. The average Bonchev–Trinajstić information content (AvgIpc) is 2.48. The lowest BCUT2D eigenvalue weighted by Crippen LogP contribution is -2.04. The highest BCUT2D eigenvalue weighted by Crippen LogP contribution is 2.31. The molecule has 1 unspecified atom stereocenters. The average molecular weight is 265 g/mol. The minimum atomic E-state index is -0.187. The Morgan fingerprint density at radius 2 is 1.65 bits per heavy atom. The summed E-state index contributed by atoms with van der Waals surface area (Å²) in [6.45, 7) is 1.96. The van der Waals surface area contributed by atoms with Gasteiger partial charge in [-0.2, -0.15) is 0 Å². The first-order valence-electron chi connectivity index (χ1n) is 6.70. The summed E-state index contributed by atoms with van der Waals surface area (Å²) in [5.74, 6) is -0.187. The van der Waals surface area contributed by atoms with E-state index in [-0.39, 0.29) is 11.9 Å². The monoisotopic (exact) mass is 265 g/mol. The SMILES string of the molecule is CC(N)c1cccc(-c2ccc(F)c3ccccc23)c1. The van der Waals surface area contributed by atoms with Crippen LogP contribution >= 0.6 is 0 Å². The molecule has 0 fully saturated rings. The van der Waals surface area contributed by atoms with Crippen LogP contribution in [0.5, 0.6) is 0 Å². The van der Waals surface area contributed by atoms with Crippen LogP contribution in [0, 0.1) is 5.82 Å². The van der Waals surface area contributed by atoms with Crippen LogP contribution in [0.3, 0.4) is 0 Å². The largest absolute Gasteiger partial charge is 0.324 e. The molecular formula is C18H16FN. The smallest absolute Gasteiger partial charge is 0.131 e. The Kier molecular flexibility index (Phi) is 3.25. The first-order valence-corrected chi connectivity index (χ1v) is 6.70. The fourth-order valence-corrected chi connectivity index (χ4v) is 2.50. The van der Waals surface area contributed by atoms with Crippen molar-refractivity contribution in [3.63, 3.8) is 0 Å². The first kappa shape index (κ1) is 12.8. The van der Waals surface area contributed by atoms with Gasteiger partial charge in [-0.3, -0.25) is 0 Å². The molecule has 0 heterocycles. The molecule has 0 saturated heterocycles. The van der Waals surface area contributed by atoms with Crippen molar-refractivity contribution in [1.29, 1.82) is 0 Å². The van der Waals surface area contributed by atoms with Crippen molar-refractivity contribution in [2.75, 3.05) is 0 Å². The van der Waals surface area contributed by atoms with Gasteiger partial charge in [-0.05, 0) is 41.1 Å². The number of halogens is 1. The number of hydrogen-bond acceptors (Lipinski definition) is 1. The van der Waals surface area contributed by atoms with E-state index in [9.17, 15) is 4.39 Å². The van der Waals surface area contributed by atoms with Crippen LogP contribution in [0.4, 0.5) is 4.39 Å². The normalized spacial score (nSPS) is 12.6. The van der Waals surface area contributed by atoms with Crippen molar-refractivity contribution in [2.45, 2.75) is 13.0 Å². The van der Waals surface area contributed by atoms with E-state index in [2.05, 4.69) is 6.07 Å². The third-order valence-electron chi connectivity index (χ3n) is 3.59. The van der Waals surface area contributed by atoms with Crippen LogP contribution in [0.15, 0.2) is 60.7 Å². The lowest BCUT2D eigenvalue weighted by atomic mass is 9.95. The summed E-state index contributed by atoms with van der Waals surface area (Å²) in [6, 6.07) is 19.0. The standard InChI is InChI=1S/C18H16FN/c1-12(20)13-5-4-6-14(11-13)15-9-10-18(19)17-8-3-2-7-16(15)17/h2-12H,20H2,1H3. The van der Waals surface area contributed by atoms with E-state index in [1.54, 1.807) is 0 Å². The van der Waals surface area contributed by atoms with Gasteiger partial charge in [0.1, 0.15) is 5.82 Å². The van der Waals surface area contributed by atoms with Gasteiger partial charge in [-0.25, -0.2) is 4.39 Å². The van der Waals surface area contributed by atoms with Gasteiger partial charge in [0.25, 0.3) is 0 Å². The summed E-state index contributed by atoms with van der Waals surface area (Å²) < 4.78 is 13.9. The second-order valence-corrected chi connectivity index (χ2v) is 5.05. The molecule has 3 aromatic rings. The van der Waals surface area contributed by atoms with Crippen LogP contribution in [0.2, 0.25) is 0 Å². The van der Waals surface area contributed by atoms with E-state index in [1.807, 2.05) is 55.5 Å². The van der Waals surface area contributed by atoms with Crippen LogP contribution in [0.25, 0.3) is 21.9 Å². The maximum atomic E-state index is 13.9. The third kappa shape index (κ3) is 2.19. The van der Waals surface area contributed by atoms with Gasteiger partial charge in [0.05, 0.1) is 0 Å². The summed E-state index contributed by atoms with van der Waals surface area (Å²) >= 11 is 0. The molecule has 2 heteroatoms. The zero-order chi connectivity index (χ0) is 14.1. The summed E-state index contributed by atoms with van der Waals surface area (Å²) in [5, 5.41) is 1.57. The van der Waals surface area contributed by atoms with E-state index in [4.69, 9.17) is 5.73 Å². The van der Waals surface area contributed by atoms with Gasteiger partial charge in [0.2, 0.25) is 0 Å². The zero-order valence-electron chi connectivity index (χ0n) is 11.3. The second-order valence-electron chi connectivity index (χ2n) is 5.05. The van der Waals surface area contributed by atoms with E-state index in [1.165, 1.54) is 6.07 Å². The molecule has 0 aliphatic rings. The second kappa shape index (κ2) is 5.06. The summed E-state index contributed by atoms with van der Waals surface area (Å²) in [5.41, 5.74) is 9.11. The third-order valence-corrected chi connectivity index (χ3v) is 3.59. The van der Waals surface area contributed by atoms with E-state index in [0.717, 1.165) is 22.1 Å². The Bertz CT molecular complexity index is 762. The molecule has 0 aliphatic heterocycles. The highest BCUT2D eigenvalue weighted by Gasteiger charge is 2.08. The lowest BCUT2D eigenvalue weighted by Gasteiger charge is -2.11. The lowest BCUT2D eigenvalue weighted by molar-refractivity contribution is 0.640. The van der Waals surface area contributed by atoms with Gasteiger partial charge in [-0.15, -0.1) is 0 Å². The highest BCUT2D eigenvalue weighted by molar-refractivity contribution is 5.97. The van der Waals surface area contributed by atoms with Crippen LogP contribution < -0.4 is 5.73 Å². The Morgan fingerprint density at radius 1 is 0.900 bits per heavy atom. The minimum absolute atomic E-state index is 0.0123. The molecule has 0 amide bonds. The van der Waals surface area contributed by atoms with Crippen molar-refractivity contribution < 1.29 is 4.39 Å². The predicted molar refractivity (Wildman–Crippen MR) is 81.9 cm³/mol. The number of hydrogen-bond donors (Lipinski definition) is 1. The van der Waals surface area contributed by atoms with Crippen LogP contribution in [-0.2, 0) is 0 Å². The molecule has 1 atom stereocenters. The molecule has 2 N–H and O–H groups in total. The Morgan fingerprint density at radius 3 is 2.40 bits per heavy atom. The maximum Gasteiger partial charge on any atom is 0.131 e. The minimum Gasteiger partial charge on any atom is -0.324 e. The molecule has 3 aromatic carbocycles. The summed E-state index contributed by atoms with van der Waals surface area (Å²) in [6.07, 6.45) is 0. The number of benzene rings is 3. The molecule has 0 bridgehead atoms. The quantitative estimate of drug-likeness (QED) is 0.716. The summed E-state index contributed by atoms with van der Waals surface area (Å²) in [4.78, 5) is 0. The van der Waals surface area contributed by atoms with Crippen LogP contribution in [0.1, 0.15) is 18.5 Å². The topological polar surface area (TPSA) is 26.0 Å². The van der Waals surface area contributed by atoms with Gasteiger partial charge in [0, 0.05) is 11.4 Å². The van der Waals surface area contributed by atoms with Crippen molar-refractivity contribution >= 4 is 10.8 Å². The van der Waals surface area contributed by atoms with Crippen molar-refractivity contribution in [3.8, 4) is 11.1 Å². The number of nitrogens with two attached hydrogens (primary N) is 1. The van der Waals surface area contributed by atoms with E-state index in [0.29, 0.717) is 5.39 Å². The molecule has 0 spiro atoms. The molecule has 0 aromatic heterocycles. The molecule has 100 valence electrons. The summed E-state index contributed by atoms with van der Waals surface area (Å²) in [7, 11) is 0. The molecule has 3 rings (SSSR count). The highest BCUT2D eigenvalue weighted by atomic mass is 19.1. The Hall–Kier alpha value is -2.19. The maximum absolute atomic E-state index is 13.9. The predicted octanol–water partition coefficient (Wildman–Crippen LogP) is 4.67. The first-order chi connectivity index (χ1) is 9.66. The Labute approximate surface area is 117 Å². The molecule has 0 radical (unpaired) electrons. The van der Waals surface area contributed by atoms with Crippen LogP contribution in [-0.4, -0.2) is 0 Å². The molecule has 0 saturated carbocycles. The number of rotatable bonds is 2. The molecule has 1 nitrogen and oxygen atoms in total. The van der Waals surface area contributed by atoms with E-state index < -0.39 is 0 Å². The fourth-order valence-electron chi connectivity index (χ4n) is 2.50. The fraction of sp³-hybridized carbons (Fsp3) is 0.111. The van der Waals surface area contributed by atoms with Gasteiger partial charge < -0.3 is 5.73 Å². The molecule has 20 heavy (non-hydrogen) atoms. The van der Waals surface area contributed by atoms with Crippen molar-refractivity contribution in [1.82, 2.24) is 0 Å². The van der Waals surface area contributed by atoms with Crippen molar-refractivity contribution in [2.24, 2.45) is 5.73 Å². The van der Waals surface area contributed by atoms with Gasteiger partial charge in [0.15, 0.2) is 0 Å². The van der Waals surface area contributed by atoms with E-state index >= 15 is 0 Å². The van der Waals surface area contributed by atoms with Gasteiger partial charge >= 0.3 is 0 Å². The molecular weight excluding hydrogens is 249 g/mol. The Balaban J connectivity index is 2.25. The van der Waals surface area contributed by atoms with Gasteiger partial charge in [-0.1, -0.05) is 48.5 Å².